The summed E-state index contributed by atoms with van der Waals surface area (Å²) >= 11 is 3.41. The Kier molecular flexibility index (Phi) is 5.43. The summed E-state index contributed by atoms with van der Waals surface area (Å²) in [7, 11) is 0. The first-order valence-electron chi connectivity index (χ1n) is 7.59. The zero-order chi connectivity index (χ0) is 15.5. The number of ether oxygens (including phenoxy) is 1. The minimum atomic E-state index is -0.119. The fourth-order valence-electron chi connectivity index (χ4n) is 2.61. The molecule has 0 aromatic carbocycles. The molecule has 0 aliphatic carbocycles. The molecule has 1 saturated heterocycles. The van der Waals surface area contributed by atoms with Gasteiger partial charge in [-0.05, 0) is 49.0 Å². The maximum atomic E-state index is 12.3. The van der Waals surface area contributed by atoms with E-state index >= 15 is 0 Å². The van der Waals surface area contributed by atoms with Crippen LogP contribution in [0.15, 0.2) is 15.5 Å². The van der Waals surface area contributed by atoms with Crippen LogP contribution in [0.3, 0.4) is 0 Å². The standard InChI is InChI=1S/C15H24BrN3O2/c1-4-5-7-19-14(20)13(16)12(10-17-19)18-11-6-8-21-15(2,3)9-11/h10-11,18H,4-9H2,1-3H3. The van der Waals surface area contributed by atoms with Gasteiger partial charge in [0.1, 0.15) is 4.47 Å². The van der Waals surface area contributed by atoms with Crippen molar-refractivity contribution in [2.45, 2.75) is 64.6 Å². The maximum absolute atomic E-state index is 12.3. The summed E-state index contributed by atoms with van der Waals surface area (Å²) in [5.41, 5.74) is 0.585. The number of anilines is 1. The lowest BCUT2D eigenvalue weighted by molar-refractivity contribution is -0.0553. The lowest BCUT2D eigenvalue weighted by Crippen LogP contribution is -2.40. The largest absolute Gasteiger partial charge is 0.380 e. The Hall–Kier alpha value is -0.880. The molecule has 1 aromatic heterocycles. The van der Waals surface area contributed by atoms with Gasteiger partial charge < -0.3 is 10.1 Å². The third-order valence-corrected chi connectivity index (χ3v) is 4.53. The number of aromatic nitrogens is 2. The van der Waals surface area contributed by atoms with E-state index in [1.54, 1.807) is 6.20 Å². The zero-order valence-electron chi connectivity index (χ0n) is 13.0. The van der Waals surface area contributed by atoms with E-state index in [0.717, 1.165) is 38.0 Å². The monoisotopic (exact) mass is 357 g/mol. The van der Waals surface area contributed by atoms with Crippen molar-refractivity contribution in [3.05, 3.63) is 21.0 Å². The molecule has 1 aromatic rings. The maximum Gasteiger partial charge on any atom is 0.283 e. The van der Waals surface area contributed by atoms with Gasteiger partial charge in [-0.15, -0.1) is 0 Å². The summed E-state index contributed by atoms with van der Waals surface area (Å²) < 4.78 is 7.81. The Balaban J connectivity index is 2.10. The number of unbranched alkanes of at least 4 members (excludes halogenated alkanes) is 1. The fourth-order valence-corrected chi connectivity index (χ4v) is 3.03. The molecule has 0 radical (unpaired) electrons. The Bertz CT molecular complexity index is 542. The second kappa shape index (κ2) is 6.92. The molecule has 2 rings (SSSR count). The van der Waals surface area contributed by atoms with Gasteiger partial charge >= 0.3 is 0 Å². The molecule has 0 bridgehead atoms. The van der Waals surface area contributed by atoms with Crippen molar-refractivity contribution in [2.24, 2.45) is 0 Å². The van der Waals surface area contributed by atoms with Gasteiger partial charge in [-0.2, -0.15) is 5.10 Å². The first-order chi connectivity index (χ1) is 9.93. The van der Waals surface area contributed by atoms with E-state index in [-0.39, 0.29) is 11.2 Å². The summed E-state index contributed by atoms with van der Waals surface area (Å²) in [5, 5.41) is 7.69. The molecule has 1 unspecified atom stereocenters. The third kappa shape index (κ3) is 4.30. The first kappa shape index (κ1) is 16.5. The minimum absolute atomic E-state index is 0.0697. The smallest absolute Gasteiger partial charge is 0.283 e. The average Bonchev–Trinajstić information content (AvgIpc) is 2.42. The first-order valence-corrected chi connectivity index (χ1v) is 8.38. The molecule has 0 spiro atoms. The van der Waals surface area contributed by atoms with Crippen LogP contribution in [-0.4, -0.2) is 28.0 Å². The molecular formula is C15H24BrN3O2. The van der Waals surface area contributed by atoms with Gasteiger partial charge in [0, 0.05) is 19.2 Å². The van der Waals surface area contributed by atoms with Crippen molar-refractivity contribution in [3.8, 4) is 0 Å². The van der Waals surface area contributed by atoms with Gasteiger partial charge in [0.25, 0.3) is 5.56 Å². The van der Waals surface area contributed by atoms with Crippen molar-refractivity contribution in [3.63, 3.8) is 0 Å². The lowest BCUT2D eigenvalue weighted by atomic mass is 9.94. The van der Waals surface area contributed by atoms with Crippen LogP contribution in [0.5, 0.6) is 0 Å². The lowest BCUT2D eigenvalue weighted by Gasteiger charge is -2.36. The van der Waals surface area contributed by atoms with Crippen molar-refractivity contribution >= 4 is 21.6 Å². The van der Waals surface area contributed by atoms with Gasteiger partial charge in [-0.25, -0.2) is 4.68 Å². The second-order valence-electron chi connectivity index (χ2n) is 6.20. The second-order valence-corrected chi connectivity index (χ2v) is 6.99. The normalized spacial score (nSPS) is 21.2. The van der Waals surface area contributed by atoms with Crippen LogP contribution in [0.4, 0.5) is 5.69 Å². The van der Waals surface area contributed by atoms with E-state index in [0.29, 0.717) is 17.1 Å². The van der Waals surface area contributed by atoms with Crippen molar-refractivity contribution < 1.29 is 4.74 Å². The van der Waals surface area contributed by atoms with Crippen molar-refractivity contribution in [1.82, 2.24) is 9.78 Å². The summed E-state index contributed by atoms with van der Waals surface area (Å²) in [6.07, 6.45) is 5.60. The van der Waals surface area contributed by atoms with E-state index in [1.807, 2.05) is 0 Å². The van der Waals surface area contributed by atoms with Gasteiger partial charge in [0.05, 0.1) is 17.5 Å². The van der Waals surface area contributed by atoms with E-state index in [2.05, 4.69) is 47.1 Å². The van der Waals surface area contributed by atoms with Gasteiger partial charge in [-0.1, -0.05) is 13.3 Å². The number of rotatable bonds is 5. The topological polar surface area (TPSA) is 56.1 Å². The highest BCUT2D eigenvalue weighted by molar-refractivity contribution is 9.10. The van der Waals surface area contributed by atoms with Gasteiger partial charge in [0.15, 0.2) is 0 Å². The van der Waals surface area contributed by atoms with Crippen molar-refractivity contribution in [1.29, 1.82) is 0 Å². The Morgan fingerprint density at radius 1 is 1.57 bits per heavy atom. The number of aryl methyl sites for hydroxylation is 1. The predicted molar refractivity (Wildman–Crippen MR) is 87.8 cm³/mol. The molecule has 1 aliphatic heterocycles. The van der Waals surface area contributed by atoms with E-state index in [9.17, 15) is 4.79 Å². The van der Waals surface area contributed by atoms with Crippen LogP contribution < -0.4 is 10.9 Å². The minimum Gasteiger partial charge on any atom is -0.380 e. The molecule has 1 N–H and O–H groups in total. The molecule has 0 saturated carbocycles. The van der Waals surface area contributed by atoms with Crippen LogP contribution in [-0.2, 0) is 11.3 Å². The van der Waals surface area contributed by atoms with Crippen LogP contribution >= 0.6 is 15.9 Å². The molecular weight excluding hydrogens is 334 g/mol. The molecule has 118 valence electrons. The van der Waals surface area contributed by atoms with Gasteiger partial charge in [-0.3, -0.25) is 4.79 Å². The molecule has 1 aliphatic rings. The summed E-state index contributed by atoms with van der Waals surface area (Å²) in [4.78, 5) is 12.3. The average molecular weight is 358 g/mol. The quantitative estimate of drug-likeness (QED) is 0.879. The van der Waals surface area contributed by atoms with Gasteiger partial charge in [0.2, 0.25) is 0 Å². The number of nitrogens with zero attached hydrogens (tertiary/aromatic N) is 2. The number of hydrogen-bond acceptors (Lipinski definition) is 4. The third-order valence-electron chi connectivity index (χ3n) is 3.77. The van der Waals surface area contributed by atoms with E-state index < -0.39 is 0 Å². The highest BCUT2D eigenvalue weighted by atomic mass is 79.9. The molecule has 6 heteroatoms. The van der Waals surface area contributed by atoms with Crippen LogP contribution in [0.1, 0.15) is 46.5 Å². The van der Waals surface area contributed by atoms with E-state index in [4.69, 9.17) is 4.74 Å². The number of halogens is 1. The summed E-state index contributed by atoms with van der Waals surface area (Å²) in [6.45, 7) is 7.69. The van der Waals surface area contributed by atoms with Crippen LogP contribution in [0.2, 0.25) is 0 Å². The fraction of sp³-hybridized carbons (Fsp3) is 0.733. The predicted octanol–water partition coefficient (Wildman–Crippen LogP) is 3.18. The zero-order valence-corrected chi connectivity index (χ0v) is 14.6. The summed E-state index contributed by atoms with van der Waals surface area (Å²) in [6, 6.07) is 0.303. The number of nitrogens with one attached hydrogen (secondary N) is 1. The highest BCUT2D eigenvalue weighted by Gasteiger charge is 2.29. The highest BCUT2D eigenvalue weighted by Crippen LogP contribution is 2.27. The molecule has 2 heterocycles. The molecule has 5 nitrogen and oxygen atoms in total. The molecule has 21 heavy (non-hydrogen) atoms. The Morgan fingerprint density at radius 3 is 3.00 bits per heavy atom. The number of hydrogen-bond donors (Lipinski definition) is 1. The SMILES string of the molecule is CCCCn1ncc(NC2CCOC(C)(C)C2)c(Br)c1=O. The Labute approximate surface area is 134 Å². The van der Waals surface area contributed by atoms with Crippen molar-refractivity contribution in [2.75, 3.05) is 11.9 Å². The molecule has 1 fully saturated rings. The van der Waals surface area contributed by atoms with Crippen LogP contribution in [0.25, 0.3) is 0 Å². The summed E-state index contributed by atoms with van der Waals surface area (Å²) in [5.74, 6) is 0. The molecule has 0 amide bonds. The Morgan fingerprint density at radius 2 is 2.33 bits per heavy atom. The molecule has 1 atom stereocenters. The van der Waals surface area contributed by atoms with Crippen LogP contribution in [0, 0.1) is 0 Å². The van der Waals surface area contributed by atoms with E-state index in [1.165, 1.54) is 4.68 Å².